The molecular weight excluding hydrogens is 303 g/mol. The Hall–Kier alpha value is -1.76. The van der Waals surface area contributed by atoms with Crippen LogP contribution in [-0.4, -0.2) is 19.2 Å². The van der Waals surface area contributed by atoms with Gasteiger partial charge in [0.2, 0.25) is 0 Å². The molecular formula is C14H14F3NO2S. The zero-order valence-corrected chi connectivity index (χ0v) is 12.3. The quantitative estimate of drug-likeness (QED) is 0.871. The van der Waals surface area contributed by atoms with Crippen molar-refractivity contribution in [1.82, 2.24) is 4.57 Å². The molecule has 7 heteroatoms. The van der Waals surface area contributed by atoms with E-state index in [4.69, 9.17) is 0 Å². The first-order valence-electron chi connectivity index (χ1n) is 6.11. The minimum atomic E-state index is -4.60. The smallest absolute Gasteiger partial charge is 0.347 e. The van der Waals surface area contributed by atoms with Gasteiger partial charge < -0.3 is 4.57 Å². The molecule has 0 N–H and O–H groups in total. The summed E-state index contributed by atoms with van der Waals surface area (Å²) >= 11 is 0. The molecule has 0 aliphatic rings. The Morgan fingerprint density at radius 2 is 1.86 bits per heavy atom. The van der Waals surface area contributed by atoms with Crippen molar-refractivity contribution in [2.45, 2.75) is 24.5 Å². The lowest BCUT2D eigenvalue weighted by Gasteiger charge is -2.15. The maximum atomic E-state index is 13.1. The van der Waals surface area contributed by atoms with Gasteiger partial charge in [-0.3, -0.25) is 0 Å². The summed E-state index contributed by atoms with van der Waals surface area (Å²) in [7, 11) is -3.68. The molecule has 0 fully saturated rings. The summed E-state index contributed by atoms with van der Waals surface area (Å²) < 4.78 is 63.9. The van der Waals surface area contributed by atoms with Crippen LogP contribution in [0.2, 0.25) is 0 Å². The molecule has 0 aliphatic heterocycles. The van der Waals surface area contributed by atoms with Crippen LogP contribution >= 0.6 is 0 Å². The average molecular weight is 317 g/mol. The standard InChI is InChI=1S/C14H14F3NO2S/c1-10-4-3-7-18(10)9-11-5-6-12(21(2,19)20)8-13(11)14(15,16)17/h3-8H,9H2,1-2H3. The SMILES string of the molecule is Cc1cccn1Cc1ccc(S(C)(=O)=O)cc1C(F)(F)F. The molecule has 0 amide bonds. The lowest BCUT2D eigenvalue weighted by atomic mass is 10.1. The molecule has 0 atom stereocenters. The molecule has 0 spiro atoms. The summed E-state index contributed by atoms with van der Waals surface area (Å²) in [6.45, 7) is 1.83. The van der Waals surface area contributed by atoms with Crippen molar-refractivity contribution in [3.8, 4) is 0 Å². The molecule has 0 aliphatic carbocycles. The number of aromatic nitrogens is 1. The Labute approximate surface area is 120 Å². The van der Waals surface area contributed by atoms with E-state index in [1.807, 2.05) is 0 Å². The van der Waals surface area contributed by atoms with Crippen LogP contribution in [0.25, 0.3) is 0 Å². The van der Waals surface area contributed by atoms with E-state index in [9.17, 15) is 21.6 Å². The second kappa shape index (κ2) is 5.22. The Morgan fingerprint density at radius 1 is 1.19 bits per heavy atom. The molecule has 0 saturated carbocycles. The molecule has 0 saturated heterocycles. The van der Waals surface area contributed by atoms with E-state index < -0.39 is 21.6 Å². The van der Waals surface area contributed by atoms with Gasteiger partial charge in [0, 0.05) is 24.7 Å². The molecule has 0 unspecified atom stereocenters. The molecule has 1 aromatic heterocycles. The van der Waals surface area contributed by atoms with Crippen LogP contribution in [0.15, 0.2) is 41.4 Å². The molecule has 2 aromatic rings. The fourth-order valence-electron chi connectivity index (χ4n) is 2.05. The Kier molecular flexibility index (Phi) is 3.88. The molecule has 1 aromatic carbocycles. The minimum absolute atomic E-state index is 0.0363. The molecule has 0 radical (unpaired) electrons. The van der Waals surface area contributed by atoms with Gasteiger partial charge in [-0.1, -0.05) is 6.07 Å². The molecule has 21 heavy (non-hydrogen) atoms. The molecule has 2 rings (SSSR count). The van der Waals surface area contributed by atoms with Crippen molar-refractivity contribution in [2.24, 2.45) is 0 Å². The fraction of sp³-hybridized carbons (Fsp3) is 0.286. The predicted octanol–water partition coefficient (Wildman–Crippen LogP) is 3.27. The summed E-state index contributed by atoms with van der Waals surface area (Å²) in [5, 5.41) is 0. The molecule has 114 valence electrons. The summed E-state index contributed by atoms with van der Waals surface area (Å²) in [4.78, 5) is -0.331. The van der Waals surface area contributed by atoms with Crippen molar-refractivity contribution in [3.05, 3.63) is 53.3 Å². The van der Waals surface area contributed by atoms with Crippen LogP contribution in [0.5, 0.6) is 0 Å². The van der Waals surface area contributed by atoms with Gasteiger partial charge >= 0.3 is 6.18 Å². The highest BCUT2D eigenvalue weighted by Gasteiger charge is 2.34. The van der Waals surface area contributed by atoms with Crippen molar-refractivity contribution < 1.29 is 21.6 Å². The van der Waals surface area contributed by atoms with E-state index in [1.54, 1.807) is 29.8 Å². The highest BCUT2D eigenvalue weighted by Crippen LogP contribution is 2.34. The lowest BCUT2D eigenvalue weighted by Crippen LogP contribution is -2.13. The third-order valence-electron chi connectivity index (χ3n) is 3.21. The van der Waals surface area contributed by atoms with Gasteiger partial charge in [0.1, 0.15) is 0 Å². The fourth-order valence-corrected chi connectivity index (χ4v) is 2.70. The van der Waals surface area contributed by atoms with Gasteiger partial charge in [-0.05, 0) is 36.8 Å². The zero-order valence-electron chi connectivity index (χ0n) is 11.5. The van der Waals surface area contributed by atoms with Gasteiger partial charge in [-0.15, -0.1) is 0 Å². The second-order valence-corrected chi connectivity index (χ2v) is 6.88. The predicted molar refractivity (Wildman–Crippen MR) is 72.8 cm³/mol. The van der Waals surface area contributed by atoms with Crippen LogP contribution in [0.1, 0.15) is 16.8 Å². The van der Waals surface area contributed by atoms with E-state index in [1.165, 1.54) is 12.1 Å². The van der Waals surface area contributed by atoms with E-state index in [0.717, 1.165) is 11.9 Å². The van der Waals surface area contributed by atoms with E-state index in [0.29, 0.717) is 6.07 Å². The largest absolute Gasteiger partial charge is 0.416 e. The Bertz CT molecular complexity index is 761. The maximum absolute atomic E-state index is 13.1. The number of sulfone groups is 1. The molecule has 1 heterocycles. The minimum Gasteiger partial charge on any atom is -0.347 e. The number of hydrogen-bond donors (Lipinski definition) is 0. The van der Waals surface area contributed by atoms with Crippen LogP contribution in [0, 0.1) is 6.92 Å². The summed E-state index contributed by atoms with van der Waals surface area (Å²) in [6.07, 6.45) is -2.03. The zero-order chi connectivity index (χ0) is 15.8. The highest BCUT2D eigenvalue weighted by molar-refractivity contribution is 7.90. The van der Waals surface area contributed by atoms with Crippen molar-refractivity contribution in [3.63, 3.8) is 0 Å². The summed E-state index contributed by atoms with van der Waals surface area (Å²) in [5.41, 5.74) is -0.0527. The van der Waals surface area contributed by atoms with E-state index in [2.05, 4.69) is 0 Å². The number of benzene rings is 1. The van der Waals surface area contributed by atoms with Crippen LogP contribution < -0.4 is 0 Å². The number of aryl methyl sites for hydroxylation is 1. The maximum Gasteiger partial charge on any atom is 0.416 e. The summed E-state index contributed by atoms with van der Waals surface area (Å²) in [6, 6.07) is 6.66. The van der Waals surface area contributed by atoms with Crippen molar-refractivity contribution >= 4 is 9.84 Å². The average Bonchev–Trinajstić information content (AvgIpc) is 2.73. The van der Waals surface area contributed by atoms with E-state index >= 15 is 0 Å². The van der Waals surface area contributed by atoms with Crippen LogP contribution in [0.4, 0.5) is 13.2 Å². The van der Waals surface area contributed by atoms with Crippen molar-refractivity contribution in [1.29, 1.82) is 0 Å². The Balaban J connectivity index is 2.53. The second-order valence-electron chi connectivity index (χ2n) is 4.87. The normalized spacial score (nSPS) is 12.6. The number of alkyl halides is 3. The van der Waals surface area contributed by atoms with Gasteiger partial charge in [0.25, 0.3) is 0 Å². The first-order valence-corrected chi connectivity index (χ1v) is 8.00. The summed E-state index contributed by atoms with van der Waals surface area (Å²) in [5.74, 6) is 0. The number of halogens is 3. The Morgan fingerprint density at radius 3 is 2.33 bits per heavy atom. The van der Waals surface area contributed by atoms with Gasteiger partial charge in [-0.25, -0.2) is 8.42 Å². The van der Waals surface area contributed by atoms with E-state index in [-0.39, 0.29) is 17.0 Å². The first-order chi connectivity index (χ1) is 9.59. The lowest BCUT2D eigenvalue weighted by molar-refractivity contribution is -0.138. The number of rotatable bonds is 3. The van der Waals surface area contributed by atoms with Crippen molar-refractivity contribution in [2.75, 3.05) is 6.26 Å². The monoisotopic (exact) mass is 317 g/mol. The van der Waals surface area contributed by atoms with Crippen LogP contribution in [0.3, 0.4) is 0 Å². The third-order valence-corrected chi connectivity index (χ3v) is 4.32. The third kappa shape index (κ3) is 3.47. The van der Waals surface area contributed by atoms with Gasteiger partial charge in [0.15, 0.2) is 9.84 Å². The van der Waals surface area contributed by atoms with Crippen LogP contribution in [-0.2, 0) is 22.6 Å². The number of nitrogens with zero attached hydrogens (tertiary/aromatic N) is 1. The van der Waals surface area contributed by atoms with Gasteiger partial charge in [-0.2, -0.15) is 13.2 Å². The number of hydrogen-bond acceptors (Lipinski definition) is 2. The highest BCUT2D eigenvalue weighted by atomic mass is 32.2. The first kappa shape index (κ1) is 15.6. The molecule has 3 nitrogen and oxygen atoms in total. The van der Waals surface area contributed by atoms with Gasteiger partial charge in [0.05, 0.1) is 10.5 Å². The topological polar surface area (TPSA) is 39.1 Å². The molecule has 0 bridgehead atoms.